The van der Waals surface area contributed by atoms with Crippen LogP contribution >= 0.6 is 0 Å². The Labute approximate surface area is 107 Å². The standard InChI is InChI=1S/C13H21NO4/c1-4-5-14(6-7-15)9-11-8-12(10(2)18-11)13(16)17-3/h8,15H,4-7,9H2,1-3H3. The van der Waals surface area contributed by atoms with E-state index in [0.717, 1.165) is 18.7 Å². The van der Waals surface area contributed by atoms with Crippen LogP contribution in [0.4, 0.5) is 0 Å². The molecule has 0 amide bonds. The molecular weight excluding hydrogens is 234 g/mol. The first-order valence-electron chi connectivity index (χ1n) is 6.13. The summed E-state index contributed by atoms with van der Waals surface area (Å²) in [4.78, 5) is 13.5. The summed E-state index contributed by atoms with van der Waals surface area (Å²) in [6.07, 6.45) is 1.00. The molecule has 1 aromatic rings. The maximum Gasteiger partial charge on any atom is 0.341 e. The molecule has 0 aliphatic carbocycles. The SMILES string of the molecule is CCCN(CCO)Cc1cc(C(=O)OC)c(C)o1. The number of nitrogens with zero attached hydrogens (tertiary/aromatic N) is 1. The average molecular weight is 255 g/mol. The largest absolute Gasteiger partial charge is 0.465 e. The van der Waals surface area contributed by atoms with Crippen molar-refractivity contribution < 1.29 is 19.1 Å². The Morgan fingerprint density at radius 2 is 2.22 bits per heavy atom. The van der Waals surface area contributed by atoms with Crippen LogP contribution in [0.15, 0.2) is 10.5 Å². The van der Waals surface area contributed by atoms with Gasteiger partial charge in [-0.25, -0.2) is 4.79 Å². The van der Waals surface area contributed by atoms with Crippen molar-refractivity contribution >= 4 is 5.97 Å². The number of esters is 1. The minimum Gasteiger partial charge on any atom is -0.465 e. The number of hydrogen-bond donors (Lipinski definition) is 1. The molecule has 1 rings (SSSR count). The van der Waals surface area contributed by atoms with Crippen LogP contribution in [-0.4, -0.2) is 42.8 Å². The number of furan rings is 1. The van der Waals surface area contributed by atoms with Crippen molar-refractivity contribution in [3.8, 4) is 0 Å². The highest BCUT2D eigenvalue weighted by Gasteiger charge is 2.16. The highest BCUT2D eigenvalue weighted by Crippen LogP contribution is 2.17. The van der Waals surface area contributed by atoms with Gasteiger partial charge in [-0.15, -0.1) is 0 Å². The Balaban J connectivity index is 2.74. The normalized spacial score (nSPS) is 10.9. The van der Waals surface area contributed by atoms with E-state index < -0.39 is 0 Å². The first-order chi connectivity index (χ1) is 8.62. The zero-order valence-electron chi connectivity index (χ0n) is 11.2. The summed E-state index contributed by atoms with van der Waals surface area (Å²) >= 11 is 0. The fourth-order valence-electron chi connectivity index (χ4n) is 1.88. The monoisotopic (exact) mass is 255 g/mol. The molecule has 0 atom stereocenters. The second-order valence-corrected chi connectivity index (χ2v) is 4.17. The van der Waals surface area contributed by atoms with Gasteiger partial charge in [-0.05, 0) is 26.0 Å². The van der Waals surface area contributed by atoms with E-state index in [4.69, 9.17) is 9.52 Å². The van der Waals surface area contributed by atoms with Crippen LogP contribution in [0.2, 0.25) is 0 Å². The summed E-state index contributed by atoms with van der Waals surface area (Å²) < 4.78 is 10.2. The Morgan fingerprint density at radius 3 is 2.78 bits per heavy atom. The predicted molar refractivity (Wildman–Crippen MR) is 67.4 cm³/mol. The quantitative estimate of drug-likeness (QED) is 0.749. The molecule has 18 heavy (non-hydrogen) atoms. The number of rotatable bonds is 7. The van der Waals surface area contributed by atoms with Gasteiger partial charge >= 0.3 is 5.97 Å². The number of aryl methyl sites for hydroxylation is 1. The first kappa shape index (κ1) is 14.7. The van der Waals surface area contributed by atoms with Crippen molar-refractivity contribution in [3.05, 3.63) is 23.2 Å². The Kier molecular flexibility index (Phi) is 5.88. The second kappa shape index (κ2) is 7.18. The summed E-state index contributed by atoms with van der Waals surface area (Å²) in [6.45, 7) is 6.01. The molecule has 1 heterocycles. The van der Waals surface area contributed by atoms with Gasteiger partial charge in [0.15, 0.2) is 0 Å². The van der Waals surface area contributed by atoms with Crippen LogP contribution in [0.1, 0.15) is 35.2 Å². The van der Waals surface area contributed by atoms with Crippen molar-refractivity contribution in [1.29, 1.82) is 0 Å². The maximum absolute atomic E-state index is 11.4. The van der Waals surface area contributed by atoms with Gasteiger partial charge in [0.25, 0.3) is 0 Å². The number of aliphatic hydroxyl groups excluding tert-OH is 1. The fourth-order valence-corrected chi connectivity index (χ4v) is 1.88. The maximum atomic E-state index is 11.4. The lowest BCUT2D eigenvalue weighted by Crippen LogP contribution is -2.27. The summed E-state index contributed by atoms with van der Waals surface area (Å²) in [7, 11) is 1.35. The van der Waals surface area contributed by atoms with Gasteiger partial charge < -0.3 is 14.3 Å². The van der Waals surface area contributed by atoms with Crippen LogP contribution in [0.25, 0.3) is 0 Å². The van der Waals surface area contributed by atoms with E-state index in [2.05, 4.69) is 16.6 Å². The molecule has 0 aliphatic heterocycles. The van der Waals surface area contributed by atoms with Crippen molar-refractivity contribution in [1.82, 2.24) is 4.90 Å². The van der Waals surface area contributed by atoms with E-state index in [-0.39, 0.29) is 12.6 Å². The van der Waals surface area contributed by atoms with Gasteiger partial charge in [0.05, 0.1) is 20.3 Å². The van der Waals surface area contributed by atoms with E-state index in [1.165, 1.54) is 7.11 Å². The van der Waals surface area contributed by atoms with E-state index in [1.54, 1.807) is 13.0 Å². The number of carbonyl (C=O) groups is 1. The summed E-state index contributed by atoms with van der Waals surface area (Å²) in [5.41, 5.74) is 0.466. The molecule has 0 bridgehead atoms. The van der Waals surface area contributed by atoms with Crippen molar-refractivity contribution in [2.45, 2.75) is 26.8 Å². The van der Waals surface area contributed by atoms with Gasteiger partial charge in [-0.1, -0.05) is 6.92 Å². The smallest absolute Gasteiger partial charge is 0.341 e. The molecule has 0 saturated heterocycles. The van der Waals surface area contributed by atoms with E-state index >= 15 is 0 Å². The molecule has 0 unspecified atom stereocenters. The molecule has 0 spiro atoms. The van der Waals surface area contributed by atoms with E-state index in [0.29, 0.717) is 24.4 Å². The minimum absolute atomic E-state index is 0.115. The number of hydrogen-bond acceptors (Lipinski definition) is 5. The van der Waals surface area contributed by atoms with Crippen molar-refractivity contribution in [2.24, 2.45) is 0 Å². The first-order valence-corrected chi connectivity index (χ1v) is 6.13. The van der Waals surface area contributed by atoms with Crippen LogP contribution < -0.4 is 0 Å². The lowest BCUT2D eigenvalue weighted by atomic mass is 10.2. The van der Waals surface area contributed by atoms with Gasteiger partial charge in [0, 0.05) is 6.54 Å². The van der Waals surface area contributed by atoms with Crippen LogP contribution in [0, 0.1) is 6.92 Å². The Hall–Kier alpha value is -1.33. The van der Waals surface area contributed by atoms with Crippen LogP contribution in [0.3, 0.4) is 0 Å². The molecule has 1 aromatic heterocycles. The molecule has 5 nitrogen and oxygen atoms in total. The third kappa shape index (κ3) is 3.85. The number of carbonyl (C=O) groups excluding carboxylic acids is 1. The molecule has 0 aromatic carbocycles. The zero-order valence-corrected chi connectivity index (χ0v) is 11.2. The van der Waals surface area contributed by atoms with Gasteiger partial charge in [0.1, 0.15) is 17.1 Å². The minimum atomic E-state index is -0.383. The van der Waals surface area contributed by atoms with E-state index in [1.807, 2.05) is 0 Å². The molecule has 1 N–H and O–H groups in total. The van der Waals surface area contributed by atoms with Crippen LogP contribution in [-0.2, 0) is 11.3 Å². The number of methoxy groups -OCH3 is 1. The lowest BCUT2D eigenvalue weighted by molar-refractivity contribution is 0.0599. The van der Waals surface area contributed by atoms with Crippen molar-refractivity contribution in [3.63, 3.8) is 0 Å². The number of ether oxygens (including phenoxy) is 1. The number of aliphatic hydroxyl groups is 1. The predicted octanol–water partition coefficient (Wildman–Crippen LogP) is 1.58. The van der Waals surface area contributed by atoms with E-state index in [9.17, 15) is 4.79 Å². The summed E-state index contributed by atoms with van der Waals surface area (Å²) in [5, 5.41) is 8.98. The third-order valence-corrected chi connectivity index (χ3v) is 2.71. The van der Waals surface area contributed by atoms with Gasteiger partial charge in [0.2, 0.25) is 0 Å². The van der Waals surface area contributed by atoms with Crippen LogP contribution in [0.5, 0.6) is 0 Å². The highest BCUT2D eigenvalue weighted by atomic mass is 16.5. The zero-order chi connectivity index (χ0) is 13.5. The molecule has 0 saturated carbocycles. The molecular formula is C13H21NO4. The van der Waals surface area contributed by atoms with Gasteiger partial charge in [-0.3, -0.25) is 4.90 Å². The Bertz CT molecular complexity index is 380. The molecule has 0 fully saturated rings. The van der Waals surface area contributed by atoms with Gasteiger partial charge in [-0.2, -0.15) is 0 Å². The molecule has 0 radical (unpaired) electrons. The third-order valence-electron chi connectivity index (χ3n) is 2.71. The topological polar surface area (TPSA) is 62.9 Å². The summed E-state index contributed by atoms with van der Waals surface area (Å²) in [6, 6.07) is 1.71. The molecule has 102 valence electrons. The lowest BCUT2D eigenvalue weighted by Gasteiger charge is -2.18. The Morgan fingerprint density at radius 1 is 1.50 bits per heavy atom. The molecule has 0 aliphatic rings. The summed E-state index contributed by atoms with van der Waals surface area (Å²) in [5.74, 6) is 0.902. The molecule has 5 heteroatoms. The van der Waals surface area contributed by atoms with Crippen molar-refractivity contribution in [2.75, 3.05) is 26.8 Å². The highest BCUT2D eigenvalue weighted by molar-refractivity contribution is 5.90. The second-order valence-electron chi connectivity index (χ2n) is 4.17. The fraction of sp³-hybridized carbons (Fsp3) is 0.615. The average Bonchev–Trinajstić information content (AvgIpc) is 2.70.